The Kier molecular flexibility index (Phi) is 30.8. The summed E-state index contributed by atoms with van der Waals surface area (Å²) in [6, 6.07) is 1.33. The van der Waals surface area contributed by atoms with Gasteiger partial charge in [0, 0.05) is 18.8 Å². The molecule has 1 aromatic rings. The number of nitrogens with zero attached hydrogens (tertiary/aromatic N) is 3. The van der Waals surface area contributed by atoms with Crippen molar-refractivity contribution in [2.45, 2.75) is 226 Å². The molecule has 11 heteroatoms. The van der Waals surface area contributed by atoms with Crippen molar-refractivity contribution in [3.8, 4) is 0 Å². The van der Waals surface area contributed by atoms with E-state index in [1.165, 1.54) is 100 Å². The smallest absolute Gasteiger partial charge is 0.333 e. The highest BCUT2D eigenvalue weighted by Gasteiger charge is 2.28. The topological polar surface area (TPSA) is 129 Å². The Morgan fingerprint density at radius 3 is 1.57 bits per heavy atom. The van der Waals surface area contributed by atoms with Crippen LogP contribution in [0.1, 0.15) is 201 Å². The minimum absolute atomic E-state index is 0.0117. The van der Waals surface area contributed by atoms with Crippen molar-refractivity contribution >= 4 is 11.9 Å². The number of likely N-dealkylation sites (N-methyl/N-ethyl adjacent to an activating group) is 1. The average Bonchev–Trinajstić information content (AvgIpc) is 3.63. The number of carbonyl (C=O) groups is 2. The summed E-state index contributed by atoms with van der Waals surface area (Å²) in [6.45, 7) is 8.71. The Bertz CT molecular complexity index is 1250. The molecule has 1 aliphatic heterocycles. The lowest BCUT2D eigenvalue weighted by Crippen LogP contribution is -2.42. The molecule has 2 rings (SSSR count). The third-order valence-corrected chi connectivity index (χ3v) is 10.6. The van der Waals surface area contributed by atoms with Gasteiger partial charge in [0.1, 0.15) is 31.6 Å². The maximum atomic E-state index is 13.1. The van der Waals surface area contributed by atoms with Crippen molar-refractivity contribution in [2.24, 2.45) is 0 Å². The minimum Gasteiger partial charge on any atom is -0.461 e. The Labute approximate surface area is 340 Å². The van der Waals surface area contributed by atoms with Crippen molar-refractivity contribution in [3.63, 3.8) is 0 Å². The van der Waals surface area contributed by atoms with Gasteiger partial charge in [-0.15, -0.1) is 0 Å². The van der Waals surface area contributed by atoms with Crippen LogP contribution in [-0.4, -0.2) is 76.6 Å². The number of hydrogen-bond acceptors (Lipinski definition) is 9. The van der Waals surface area contributed by atoms with Crippen LogP contribution >= 0.6 is 0 Å². The molecule has 0 saturated carbocycles. The second-order valence-electron chi connectivity index (χ2n) is 16.2. The lowest BCUT2D eigenvalue weighted by Gasteiger charge is -2.20. The van der Waals surface area contributed by atoms with Crippen LogP contribution in [0, 0.1) is 0 Å². The molecular weight excluding hydrogens is 711 g/mol. The molecule has 1 fully saturated rings. The molecule has 0 aliphatic carbocycles. The molecule has 2 heterocycles. The van der Waals surface area contributed by atoms with Crippen LogP contribution in [0.4, 0.5) is 0 Å². The molecule has 0 bridgehead atoms. The van der Waals surface area contributed by atoms with Crippen molar-refractivity contribution in [1.29, 1.82) is 0 Å². The zero-order valence-corrected chi connectivity index (χ0v) is 36.6. The van der Waals surface area contributed by atoms with Gasteiger partial charge in [-0.3, -0.25) is 14.2 Å². The Morgan fingerprint density at radius 1 is 0.696 bits per heavy atom. The molecule has 1 N–H and O–H groups in total. The molecular formula is C45H83N3O8. The summed E-state index contributed by atoms with van der Waals surface area (Å²) in [6.07, 6.45) is 30.0. The van der Waals surface area contributed by atoms with E-state index in [0.717, 1.165) is 88.2 Å². The lowest BCUT2D eigenvalue weighted by atomic mass is 10.0. The molecule has 1 aliphatic rings. The summed E-state index contributed by atoms with van der Waals surface area (Å²) < 4.78 is 19.6. The first-order valence-corrected chi connectivity index (χ1v) is 22.7. The van der Waals surface area contributed by atoms with E-state index in [1.54, 1.807) is 0 Å². The standard InChI is InChI=1S/C28H49N3O5.C17H34O3/c1-5-7-9-11-12-14-16-23(15-13-10-8-6-2)36-27(33)22-31-25(32)19-20-30(28(31)34)26-18-17-24(35-26)21-29(3)4;1-3-5-7-9-10-12-14-16(20-17(19)15-18)13-11-8-6-4-2/h19-20,23-24,26H,5-18,21-22H2,1-4H3;16,18H,3-15H2,1-2H3/t23?,24-,26+;/m0./s1. The quantitative estimate of drug-likeness (QED) is 0.0560. The van der Waals surface area contributed by atoms with Crippen LogP contribution in [0.15, 0.2) is 21.9 Å². The highest BCUT2D eigenvalue weighted by molar-refractivity contribution is 5.70. The van der Waals surface area contributed by atoms with Crippen LogP contribution in [0.3, 0.4) is 0 Å². The van der Waals surface area contributed by atoms with E-state index < -0.39 is 36.0 Å². The minimum atomic E-state index is -0.523. The molecule has 0 amide bonds. The first kappa shape index (κ1) is 51.5. The molecule has 1 aromatic heterocycles. The third kappa shape index (κ3) is 24.3. The monoisotopic (exact) mass is 794 g/mol. The number of hydrogen-bond donors (Lipinski definition) is 1. The van der Waals surface area contributed by atoms with Gasteiger partial charge in [0.15, 0.2) is 0 Å². The van der Waals surface area contributed by atoms with Gasteiger partial charge in [0.25, 0.3) is 5.56 Å². The molecule has 2 unspecified atom stereocenters. The molecule has 1 saturated heterocycles. The van der Waals surface area contributed by atoms with Gasteiger partial charge in [-0.05, 0) is 78.3 Å². The number of esters is 2. The largest absolute Gasteiger partial charge is 0.461 e. The second-order valence-corrected chi connectivity index (χ2v) is 16.2. The summed E-state index contributed by atoms with van der Waals surface area (Å²) in [4.78, 5) is 51.7. The van der Waals surface area contributed by atoms with E-state index in [1.807, 2.05) is 14.1 Å². The summed E-state index contributed by atoms with van der Waals surface area (Å²) in [5.74, 6) is -0.993. The predicted molar refractivity (Wildman–Crippen MR) is 227 cm³/mol. The van der Waals surface area contributed by atoms with E-state index in [0.29, 0.717) is 6.42 Å². The van der Waals surface area contributed by atoms with Gasteiger partial charge in [-0.25, -0.2) is 14.2 Å². The fourth-order valence-electron chi connectivity index (χ4n) is 7.33. The first-order chi connectivity index (χ1) is 27.1. The van der Waals surface area contributed by atoms with E-state index in [-0.39, 0.29) is 24.9 Å². The van der Waals surface area contributed by atoms with Crippen LogP contribution in [-0.2, 0) is 30.3 Å². The Morgan fingerprint density at radius 2 is 1.12 bits per heavy atom. The van der Waals surface area contributed by atoms with Gasteiger partial charge in [-0.2, -0.15) is 0 Å². The van der Waals surface area contributed by atoms with Gasteiger partial charge < -0.3 is 24.2 Å². The molecule has 4 atom stereocenters. The zero-order chi connectivity index (χ0) is 41.4. The summed E-state index contributed by atoms with van der Waals surface area (Å²) in [5.41, 5.74) is -1.02. The lowest BCUT2D eigenvalue weighted by molar-refractivity contribution is -0.153. The second kappa shape index (κ2) is 33.5. The van der Waals surface area contributed by atoms with Crippen LogP contribution in [0.5, 0.6) is 0 Å². The van der Waals surface area contributed by atoms with Gasteiger partial charge in [0.05, 0.1) is 6.10 Å². The van der Waals surface area contributed by atoms with Crippen molar-refractivity contribution in [3.05, 3.63) is 33.1 Å². The number of ether oxygens (including phenoxy) is 3. The number of aliphatic hydroxyl groups excluding tert-OH is 1. The van der Waals surface area contributed by atoms with Crippen LogP contribution < -0.4 is 11.2 Å². The van der Waals surface area contributed by atoms with E-state index in [4.69, 9.17) is 19.3 Å². The SMILES string of the molecule is CCCCCCCCC(CCCCCC)OC(=O)CO.CCCCCCCCC(CCCCCC)OC(=O)Cn1c(=O)ccn([C@H]2CC[C@@H](CN(C)C)O2)c1=O. The number of aromatic nitrogens is 2. The number of unbranched alkanes of at least 4 members (excludes halogenated alkanes) is 16. The van der Waals surface area contributed by atoms with Crippen molar-refractivity contribution in [2.75, 3.05) is 27.2 Å². The van der Waals surface area contributed by atoms with Gasteiger partial charge >= 0.3 is 17.6 Å². The summed E-state index contributed by atoms with van der Waals surface area (Å²) in [7, 11) is 3.97. The number of carbonyl (C=O) groups excluding carboxylic acids is 2. The van der Waals surface area contributed by atoms with Crippen LogP contribution in [0.2, 0.25) is 0 Å². The molecule has 326 valence electrons. The van der Waals surface area contributed by atoms with E-state index in [2.05, 4.69) is 32.6 Å². The van der Waals surface area contributed by atoms with Gasteiger partial charge in [-0.1, -0.05) is 130 Å². The average molecular weight is 794 g/mol. The maximum Gasteiger partial charge on any atom is 0.333 e. The van der Waals surface area contributed by atoms with Gasteiger partial charge in [0.2, 0.25) is 0 Å². The number of aliphatic hydroxyl groups is 1. The van der Waals surface area contributed by atoms with Crippen LogP contribution in [0.25, 0.3) is 0 Å². The van der Waals surface area contributed by atoms with E-state index in [9.17, 15) is 19.2 Å². The fraction of sp³-hybridized carbons (Fsp3) is 0.867. The predicted octanol–water partition coefficient (Wildman–Crippen LogP) is 9.49. The highest BCUT2D eigenvalue weighted by atomic mass is 16.6. The molecule has 0 aromatic carbocycles. The summed E-state index contributed by atoms with van der Waals surface area (Å²) >= 11 is 0. The van der Waals surface area contributed by atoms with E-state index >= 15 is 0 Å². The zero-order valence-electron chi connectivity index (χ0n) is 36.6. The molecule has 56 heavy (non-hydrogen) atoms. The first-order valence-electron chi connectivity index (χ1n) is 22.7. The van der Waals surface area contributed by atoms with Crippen molar-refractivity contribution in [1.82, 2.24) is 14.0 Å². The highest BCUT2D eigenvalue weighted by Crippen LogP contribution is 2.27. The maximum absolute atomic E-state index is 13.1. The number of rotatable bonds is 32. The Balaban J connectivity index is 0.000000666. The normalized spacial score (nSPS) is 16.4. The Hall–Kier alpha value is -2.50. The third-order valence-electron chi connectivity index (χ3n) is 10.6. The fourth-order valence-corrected chi connectivity index (χ4v) is 7.33. The molecule has 0 radical (unpaired) electrons. The van der Waals surface area contributed by atoms with Crippen molar-refractivity contribution < 1.29 is 28.9 Å². The summed E-state index contributed by atoms with van der Waals surface area (Å²) in [5, 5.41) is 8.79. The molecule has 0 spiro atoms. The molecule has 11 nitrogen and oxygen atoms in total.